The Hall–Kier alpha value is -0.610. The first-order chi connectivity index (χ1) is 6.96. The maximum absolute atomic E-state index is 11.7. The van der Waals surface area contributed by atoms with Gasteiger partial charge in [-0.3, -0.25) is 4.79 Å². The van der Waals surface area contributed by atoms with E-state index in [2.05, 4.69) is 0 Å². The molecule has 0 radical (unpaired) electrons. The number of epoxide rings is 2. The minimum atomic E-state index is -0.101. The second kappa shape index (κ2) is 3.46. The van der Waals surface area contributed by atoms with Gasteiger partial charge in [-0.15, -0.1) is 0 Å². The number of nitrogens with zero attached hydrogens (tertiary/aromatic N) is 1. The minimum absolute atomic E-state index is 0.101. The lowest BCUT2D eigenvalue weighted by molar-refractivity contribution is -0.132. The van der Waals surface area contributed by atoms with Crippen LogP contribution in [0.2, 0.25) is 0 Å². The average molecular weight is 213 g/mol. The predicted molar refractivity (Wildman–Crippen MR) is 55.6 cm³/mol. The summed E-state index contributed by atoms with van der Waals surface area (Å²) in [6, 6.07) is 0. The summed E-state index contributed by atoms with van der Waals surface area (Å²) in [6.45, 7) is 8.88. The van der Waals surface area contributed by atoms with Gasteiger partial charge < -0.3 is 14.4 Å². The molecule has 2 fully saturated rings. The van der Waals surface area contributed by atoms with Crippen molar-refractivity contribution in [3.8, 4) is 0 Å². The molecule has 0 bridgehead atoms. The number of hydrogen-bond acceptors (Lipinski definition) is 3. The molecule has 0 aromatic rings. The molecule has 2 aliphatic heterocycles. The Morgan fingerprint density at radius 3 is 1.87 bits per heavy atom. The first kappa shape index (κ1) is 10.9. The largest absolute Gasteiger partial charge is 0.368 e. The second-order valence-corrected chi connectivity index (χ2v) is 5.08. The van der Waals surface area contributed by atoms with Crippen LogP contribution in [0.25, 0.3) is 0 Å². The molecule has 2 unspecified atom stereocenters. The van der Waals surface area contributed by atoms with Crippen LogP contribution in [0.3, 0.4) is 0 Å². The maximum atomic E-state index is 11.7. The van der Waals surface area contributed by atoms with Gasteiger partial charge in [0.25, 0.3) is 0 Å². The molecule has 2 rings (SSSR count). The Morgan fingerprint density at radius 1 is 1.20 bits per heavy atom. The van der Waals surface area contributed by atoms with E-state index >= 15 is 0 Å². The highest BCUT2D eigenvalue weighted by molar-refractivity contribution is 5.76. The first-order valence-corrected chi connectivity index (χ1v) is 5.52. The Balaban J connectivity index is 1.92. The van der Waals surface area contributed by atoms with Crippen LogP contribution in [0.5, 0.6) is 0 Å². The average Bonchev–Trinajstić information content (AvgIpc) is 3.07. The Morgan fingerprint density at radius 2 is 1.60 bits per heavy atom. The maximum Gasteiger partial charge on any atom is 0.222 e. The van der Waals surface area contributed by atoms with Crippen molar-refractivity contribution in [3.63, 3.8) is 0 Å². The molecule has 2 heterocycles. The van der Waals surface area contributed by atoms with Crippen LogP contribution in [-0.4, -0.2) is 48.3 Å². The van der Waals surface area contributed by atoms with Gasteiger partial charge in [0.05, 0.1) is 26.3 Å². The summed E-state index contributed by atoms with van der Waals surface area (Å²) in [5.41, 5.74) is -0.202. The SMILES string of the molecule is CCC(=O)N(CC1(C)CO1)CC1(C)CO1. The molecule has 2 aliphatic rings. The van der Waals surface area contributed by atoms with E-state index in [4.69, 9.17) is 9.47 Å². The van der Waals surface area contributed by atoms with E-state index in [9.17, 15) is 4.79 Å². The van der Waals surface area contributed by atoms with Gasteiger partial charge in [0, 0.05) is 6.42 Å². The zero-order valence-electron chi connectivity index (χ0n) is 9.71. The monoisotopic (exact) mass is 213 g/mol. The van der Waals surface area contributed by atoms with Gasteiger partial charge in [-0.2, -0.15) is 0 Å². The highest BCUT2D eigenvalue weighted by atomic mass is 16.6. The van der Waals surface area contributed by atoms with Crippen LogP contribution in [-0.2, 0) is 14.3 Å². The lowest BCUT2D eigenvalue weighted by Gasteiger charge is -2.25. The van der Waals surface area contributed by atoms with Gasteiger partial charge in [0.1, 0.15) is 11.2 Å². The minimum Gasteiger partial charge on any atom is -0.368 e. The molecule has 0 aromatic carbocycles. The summed E-state index contributed by atoms with van der Waals surface area (Å²) in [7, 11) is 0. The van der Waals surface area contributed by atoms with Crippen molar-refractivity contribution >= 4 is 5.91 Å². The number of ether oxygens (including phenoxy) is 2. The quantitative estimate of drug-likeness (QED) is 0.635. The standard InChI is InChI=1S/C11H19NO3/c1-4-9(13)12(5-10(2)7-14-10)6-11(3)8-15-11/h4-8H2,1-3H3. The normalized spacial score (nSPS) is 37.5. The van der Waals surface area contributed by atoms with E-state index in [0.29, 0.717) is 19.5 Å². The number of amides is 1. The molecule has 15 heavy (non-hydrogen) atoms. The lowest BCUT2D eigenvalue weighted by Crippen LogP contribution is -2.42. The molecule has 2 atom stereocenters. The van der Waals surface area contributed by atoms with E-state index in [1.54, 1.807) is 0 Å². The van der Waals surface area contributed by atoms with Gasteiger partial charge in [-0.05, 0) is 13.8 Å². The molecular weight excluding hydrogens is 194 g/mol. The molecule has 4 nitrogen and oxygen atoms in total. The van der Waals surface area contributed by atoms with Gasteiger partial charge in [-0.25, -0.2) is 0 Å². The van der Waals surface area contributed by atoms with Crippen molar-refractivity contribution in [2.45, 2.75) is 38.4 Å². The van der Waals surface area contributed by atoms with Gasteiger partial charge in [-0.1, -0.05) is 6.92 Å². The summed E-state index contributed by atoms with van der Waals surface area (Å²) >= 11 is 0. The smallest absolute Gasteiger partial charge is 0.222 e. The molecule has 2 saturated heterocycles. The van der Waals surface area contributed by atoms with E-state index in [0.717, 1.165) is 13.2 Å². The fourth-order valence-corrected chi connectivity index (χ4v) is 1.69. The van der Waals surface area contributed by atoms with Crippen molar-refractivity contribution in [3.05, 3.63) is 0 Å². The second-order valence-electron chi connectivity index (χ2n) is 5.08. The molecule has 4 heteroatoms. The zero-order valence-corrected chi connectivity index (χ0v) is 9.71. The number of carbonyl (C=O) groups is 1. The summed E-state index contributed by atoms with van der Waals surface area (Å²) in [4.78, 5) is 13.6. The van der Waals surface area contributed by atoms with Crippen LogP contribution in [0.4, 0.5) is 0 Å². The Labute approximate surface area is 90.5 Å². The van der Waals surface area contributed by atoms with Gasteiger partial charge in [0.2, 0.25) is 5.91 Å². The molecule has 0 aliphatic carbocycles. The number of hydrogen-bond donors (Lipinski definition) is 0. The van der Waals surface area contributed by atoms with E-state index in [1.165, 1.54) is 0 Å². The molecule has 0 saturated carbocycles. The van der Waals surface area contributed by atoms with Crippen molar-refractivity contribution in [2.75, 3.05) is 26.3 Å². The van der Waals surface area contributed by atoms with Crippen molar-refractivity contribution in [1.82, 2.24) is 4.90 Å². The fraction of sp³-hybridized carbons (Fsp3) is 0.909. The van der Waals surface area contributed by atoms with Gasteiger partial charge in [0.15, 0.2) is 0 Å². The summed E-state index contributed by atoms with van der Waals surface area (Å²) < 4.78 is 10.6. The first-order valence-electron chi connectivity index (χ1n) is 5.52. The fourth-order valence-electron chi connectivity index (χ4n) is 1.69. The third kappa shape index (κ3) is 2.69. The van der Waals surface area contributed by atoms with Crippen LogP contribution in [0, 0.1) is 0 Å². The lowest BCUT2D eigenvalue weighted by atomic mass is 10.1. The van der Waals surface area contributed by atoms with Crippen molar-refractivity contribution in [2.24, 2.45) is 0 Å². The predicted octanol–water partition coefficient (Wildman–Crippen LogP) is 0.803. The summed E-state index contributed by atoms with van der Waals surface area (Å²) in [5.74, 6) is 0.184. The van der Waals surface area contributed by atoms with Crippen LogP contribution in [0.1, 0.15) is 27.2 Å². The topological polar surface area (TPSA) is 45.4 Å². The molecule has 1 amide bonds. The van der Waals surface area contributed by atoms with Crippen LogP contribution < -0.4 is 0 Å². The Kier molecular flexibility index (Phi) is 2.51. The van der Waals surface area contributed by atoms with E-state index < -0.39 is 0 Å². The molecule has 0 N–H and O–H groups in total. The summed E-state index contributed by atoms with van der Waals surface area (Å²) in [5, 5.41) is 0. The molecule has 0 aromatic heterocycles. The molecule has 0 spiro atoms. The van der Waals surface area contributed by atoms with Crippen molar-refractivity contribution in [1.29, 1.82) is 0 Å². The zero-order chi connectivity index (χ0) is 11.1. The van der Waals surface area contributed by atoms with Gasteiger partial charge >= 0.3 is 0 Å². The van der Waals surface area contributed by atoms with Crippen LogP contribution >= 0.6 is 0 Å². The molecular formula is C11H19NO3. The highest BCUT2D eigenvalue weighted by Gasteiger charge is 2.46. The van der Waals surface area contributed by atoms with Crippen LogP contribution in [0.15, 0.2) is 0 Å². The number of carbonyl (C=O) groups excluding carboxylic acids is 1. The Bertz CT molecular complexity index is 249. The van der Waals surface area contributed by atoms with E-state index in [-0.39, 0.29) is 17.1 Å². The third-order valence-electron chi connectivity index (χ3n) is 2.98. The molecule has 86 valence electrons. The number of rotatable bonds is 5. The van der Waals surface area contributed by atoms with E-state index in [1.807, 2.05) is 25.7 Å². The third-order valence-corrected chi connectivity index (χ3v) is 2.98. The summed E-state index contributed by atoms with van der Waals surface area (Å²) in [6.07, 6.45) is 0.548. The van der Waals surface area contributed by atoms with Crippen molar-refractivity contribution < 1.29 is 14.3 Å². The highest BCUT2D eigenvalue weighted by Crippen LogP contribution is 2.31.